The molecule has 0 bridgehead atoms. The van der Waals surface area contributed by atoms with Gasteiger partial charge in [-0.05, 0) is 34.7 Å². The lowest BCUT2D eigenvalue weighted by atomic mass is 9.88. The van der Waals surface area contributed by atoms with E-state index in [2.05, 4.69) is 24.3 Å². The van der Waals surface area contributed by atoms with Crippen LogP contribution in [-0.2, 0) is 20.7 Å². The number of aryl methyl sites for hydroxylation is 1. The first-order valence-corrected chi connectivity index (χ1v) is 6.68. The summed E-state index contributed by atoms with van der Waals surface area (Å²) in [6.07, 6.45) is 5.61. The molecule has 0 N–H and O–H groups in total. The van der Waals surface area contributed by atoms with E-state index in [-0.39, 0.29) is 0 Å². The molecular weight excluding hydrogens is 252 g/mol. The van der Waals surface area contributed by atoms with Gasteiger partial charge in [0.2, 0.25) is 6.29 Å². The van der Waals surface area contributed by atoms with Crippen LogP contribution in [0.1, 0.15) is 29.4 Å². The second kappa shape index (κ2) is 5.47. The van der Waals surface area contributed by atoms with Crippen LogP contribution in [0.4, 0.5) is 0 Å². The summed E-state index contributed by atoms with van der Waals surface area (Å²) in [5.74, 6) is 0. The van der Waals surface area contributed by atoms with Crippen LogP contribution in [0, 0.1) is 0 Å². The van der Waals surface area contributed by atoms with Crippen LogP contribution in [0.5, 0.6) is 0 Å². The van der Waals surface area contributed by atoms with Gasteiger partial charge in [-0.15, -0.1) is 0 Å². The molecule has 0 aromatic heterocycles. The average molecular weight is 268 g/mol. The Bertz CT molecular complexity index is 673. The van der Waals surface area contributed by atoms with Crippen LogP contribution in [-0.4, -0.2) is 13.6 Å². The van der Waals surface area contributed by atoms with Crippen LogP contribution in [0.3, 0.4) is 0 Å². The molecular formula is C17H16O3. The van der Waals surface area contributed by atoms with Gasteiger partial charge in [0.05, 0.1) is 0 Å². The van der Waals surface area contributed by atoms with E-state index in [0.29, 0.717) is 6.47 Å². The standard InChI is InChI=1S/C17H16O3/c1-19-17(20-11-18)16-14-8-4-2-6-12(14)10-13-7-3-5-9-15(13)16/h2,4-6,8-11,17H,3,7H2,1H3. The Kier molecular flexibility index (Phi) is 3.52. The van der Waals surface area contributed by atoms with Crippen LogP contribution in [0.2, 0.25) is 0 Å². The molecule has 3 rings (SSSR count). The number of fused-ring (bicyclic) bond motifs is 2. The van der Waals surface area contributed by atoms with Crippen molar-refractivity contribution in [1.29, 1.82) is 0 Å². The highest BCUT2D eigenvalue weighted by atomic mass is 16.7. The number of allylic oxidation sites excluding steroid dienone is 1. The van der Waals surface area contributed by atoms with E-state index < -0.39 is 6.29 Å². The van der Waals surface area contributed by atoms with Gasteiger partial charge in [-0.2, -0.15) is 0 Å². The SMILES string of the molecule is COC(OC=O)c1c2c(cc3ccccc13)CCC=C2. The van der Waals surface area contributed by atoms with Crippen molar-refractivity contribution in [2.75, 3.05) is 7.11 Å². The minimum Gasteiger partial charge on any atom is -0.433 e. The number of hydrogen-bond donors (Lipinski definition) is 0. The minimum absolute atomic E-state index is 0.439. The second-order valence-corrected chi connectivity index (χ2v) is 4.83. The number of ether oxygens (including phenoxy) is 2. The van der Waals surface area contributed by atoms with Gasteiger partial charge in [0.25, 0.3) is 6.47 Å². The van der Waals surface area contributed by atoms with E-state index in [1.807, 2.05) is 18.2 Å². The fourth-order valence-corrected chi connectivity index (χ4v) is 2.84. The van der Waals surface area contributed by atoms with E-state index in [9.17, 15) is 4.79 Å². The molecule has 1 aliphatic carbocycles. The maximum atomic E-state index is 10.7. The van der Waals surface area contributed by atoms with Gasteiger partial charge in [-0.1, -0.05) is 42.5 Å². The molecule has 0 fully saturated rings. The molecule has 0 saturated carbocycles. The van der Waals surface area contributed by atoms with Gasteiger partial charge in [0, 0.05) is 12.7 Å². The molecule has 20 heavy (non-hydrogen) atoms. The zero-order chi connectivity index (χ0) is 13.9. The third kappa shape index (κ3) is 2.10. The molecule has 2 aromatic carbocycles. The number of methoxy groups -OCH3 is 1. The van der Waals surface area contributed by atoms with Crippen molar-refractivity contribution in [2.24, 2.45) is 0 Å². The molecule has 2 aromatic rings. The smallest absolute Gasteiger partial charge is 0.295 e. The third-order valence-corrected chi connectivity index (χ3v) is 3.71. The number of rotatable bonds is 4. The quantitative estimate of drug-likeness (QED) is 0.627. The highest BCUT2D eigenvalue weighted by molar-refractivity contribution is 5.90. The van der Waals surface area contributed by atoms with Crippen molar-refractivity contribution < 1.29 is 14.3 Å². The lowest BCUT2D eigenvalue weighted by Gasteiger charge is -2.22. The summed E-state index contributed by atoms with van der Waals surface area (Å²) in [6, 6.07) is 10.3. The van der Waals surface area contributed by atoms with Gasteiger partial charge in [0.15, 0.2) is 0 Å². The van der Waals surface area contributed by atoms with E-state index in [0.717, 1.165) is 34.7 Å². The van der Waals surface area contributed by atoms with E-state index in [1.54, 1.807) is 7.11 Å². The van der Waals surface area contributed by atoms with Crippen LogP contribution in [0.15, 0.2) is 36.4 Å². The first-order valence-electron chi connectivity index (χ1n) is 6.68. The summed E-state index contributed by atoms with van der Waals surface area (Å²) in [4.78, 5) is 10.7. The topological polar surface area (TPSA) is 35.5 Å². The Morgan fingerprint density at radius 1 is 1.30 bits per heavy atom. The molecule has 3 heteroatoms. The second-order valence-electron chi connectivity index (χ2n) is 4.83. The van der Waals surface area contributed by atoms with Crippen molar-refractivity contribution in [3.8, 4) is 0 Å². The molecule has 0 amide bonds. The summed E-state index contributed by atoms with van der Waals surface area (Å²) < 4.78 is 10.5. The van der Waals surface area contributed by atoms with Crippen LogP contribution < -0.4 is 0 Å². The van der Waals surface area contributed by atoms with Crippen molar-refractivity contribution in [2.45, 2.75) is 19.1 Å². The maximum absolute atomic E-state index is 10.7. The maximum Gasteiger partial charge on any atom is 0.295 e. The molecule has 0 heterocycles. The molecule has 102 valence electrons. The summed E-state index contributed by atoms with van der Waals surface area (Å²) in [7, 11) is 1.55. The van der Waals surface area contributed by atoms with E-state index >= 15 is 0 Å². The Morgan fingerprint density at radius 3 is 2.95 bits per heavy atom. The summed E-state index contributed by atoms with van der Waals surface area (Å²) in [6.45, 7) is 0.439. The van der Waals surface area contributed by atoms with Gasteiger partial charge in [-0.25, -0.2) is 0 Å². The molecule has 0 saturated heterocycles. The molecule has 1 aliphatic rings. The normalized spacial score (nSPS) is 14.8. The van der Waals surface area contributed by atoms with Crippen molar-refractivity contribution in [1.82, 2.24) is 0 Å². The number of hydrogen-bond acceptors (Lipinski definition) is 3. The number of carbonyl (C=O) groups is 1. The molecule has 0 radical (unpaired) electrons. The first kappa shape index (κ1) is 12.9. The predicted molar refractivity (Wildman–Crippen MR) is 78.2 cm³/mol. The Balaban J connectivity index is 2.31. The fraction of sp³-hybridized carbons (Fsp3) is 0.235. The van der Waals surface area contributed by atoms with Gasteiger partial charge < -0.3 is 9.47 Å². The fourth-order valence-electron chi connectivity index (χ4n) is 2.84. The summed E-state index contributed by atoms with van der Waals surface area (Å²) in [5.41, 5.74) is 3.32. The number of benzene rings is 2. The van der Waals surface area contributed by atoms with E-state index in [4.69, 9.17) is 9.47 Å². The Hall–Kier alpha value is -2.13. The van der Waals surface area contributed by atoms with Gasteiger partial charge in [-0.3, -0.25) is 4.79 Å². The van der Waals surface area contributed by atoms with Crippen molar-refractivity contribution >= 4 is 23.3 Å². The largest absolute Gasteiger partial charge is 0.433 e. The lowest BCUT2D eigenvalue weighted by Crippen LogP contribution is -2.11. The summed E-state index contributed by atoms with van der Waals surface area (Å²) in [5, 5.41) is 2.21. The lowest BCUT2D eigenvalue weighted by molar-refractivity contribution is -0.159. The zero-order valence-corrected chi connectivity index (χ0v) is 11.3. The monoisotopic (exact) mass is 268 g/mol. The number of carbonyl (C=O) groups excluding carboxylic acids is 1. The minimum atomic E-state index is -0.671. The van der Waals surface area contributed by atoms with Crippen molar-refractivity contribution in [3.05, 3.63) is 53.1 Å². The summed E-state index contributed by atoms with van der Waals surface area (Å²) >= 11 is 0. The van der Waals surface area contributed by atoms with Gasteiger partial charge in [0.1, 0.15) is 0 Å². The molecule has 3 nitrogen and oxygen atoms in total. The Labute approximate surface area is 117 Å². The Morgan fingerprint density at radius 2 is 2.15 bits per heavy atom. The molecule has 1 atom stereocenters. The first-order chi connectivity index (χ1) is 9.85. The molecule has 0 aliphatic heterocycles. The van der Waals surface area contributed by atoms with Crippen molar-refractivity contribution in [3.63, 3.8) is 0 Å². The van der Waals surface area contributed by atoms with Gasteiger partial charge >= 0.3 is 0 Å². The highest BCUT2D eigenvalue weighted by Gasteiger charge is 2.21. The predicted octanol–water partition coefficient (Wildman–Crippen LogP) is 3.62. The highest BCUT2D eigenvalue weighted by Crippen LogP contribution is 2.35. The van der Waals surface area contributed by atoms with Crippen LogP contribution >= 0.6 is 0 Å². The average Bonchev–Trinajstić information content (AvgIpc) is 2.50. The van der Waals surface area contributed by atoms with Crippen LogP contribution in [0.25, 0.3) is 16.8 Å². The van der Waals surface area contributed by atoms with E-state index in [1.165, 1.54) is 5.56 Å². The zero-order valence-electron chi connectivity index (χ0n) is 11.3. The molecule has 1 unspecified atom stereocenters. The third-order valence-electron chi connectivity index (χ3n) is 3.71. The molecule has 0 spiro atoms.